The van der Waals surface area contributed by atoms with E-state index in [-0.39, 0.29) is 17.9 Å². The van der Waals surface area contributed by atoms with Gasteiger partial charge in [-0.1, -0.05) is 58.5 Å². The zero-order valence-electron chi connectivity index (χ0n) is 21.3. The lowest BCUT2D eigenvalue weighted by molar-refractivity contribution is -0.143. The highest BCUT2D eigenvalue weighted by molar-refractivity contribution is 6.42. The largest absolute Gasteiger partial charge is 0.338 e. The number of nitrogens with one attached hydrogen (secondary N) is 1. The van der Waals surface area contributed by atoms with Crippen molar-refractivity contribution in [2.75, 3.05) is 39.3 Å². The standard InChI is InChI=1S/C27H35Cl4N5O2/c28-21-6-3-18(14-23(21)30)5-8-26(37)36-13-12-35(17-20(36)2-1-10-34-11-9-32)27(38)25(33)16-19-4-7-22(29)24(31)15-19/h3-4,6-7,14-15,20,25,34H,1-2,5,8-13,16-17,32-33H2/t20?,25-/m1/s1. The number of carbonyl (C=O) groups excluding carboxylic acids is 2. The molecule has 11 heteroatoms. The smallest absolute Gasteiger partial charge is 0.239 e. The average Bonchev–Trinajstić information content (AvgIpc) is 2.90. The van der Waals surface area contributed by atoms with Crippen LogP contribution in [-0.2, 0) is 22.4 Å². The maximum absolute atomic E-state index is 13.3. The first-order valence-electron chi connectivity index (χ1n) is 12.8. The Morgan fingerprint density at radius 1 is 0.947 bits per heavy atom. The van der Waals surface area contributed by atoms with Crippen LogP contribution in [0.3, 0.4) is 0 Å². The van der Waals surface area contributed by atoms with Gasteiger partial charge in [0, 0.05) is 45.2 Å². The van der Waals surface area contributed by atoms with Gasteiger partial charge in [-0.3, -0.25) is 9.59 Å². The van der Waals surface area contributed by atoms with Gasteiger partial charge in [0.25, 0.3) is 0 Å². The van der Waals surface area contributed by atoms with E-state index in [1.165, 1.54) is 0 Å². The van der Waals surface area contributed by atoms with Crippen molar-refractivity contribution in [1.29, 1.82) is 0 Å². The number of nitrogens with zero attached hydrogens (tertiary/aromatic N) is 2. The topological polar surface area (TPSA) is 105 Å². The number of benzene rings is 2. The molecular weight excluding hydrogens is 568 g/mol. The molecule has 2 amide bonds. The number of nitrogens with two attached hydrogens (primary N) is 2. The SMILES string of the molecule is NCCNCCCC1CN(C(=O)[C@H](N)Cc2ccc(Cl)c(Cl)c2)CCN1C(=O)CCc1ccc(Cl)c(Cl)c1. The lowest BCUT2D eigenvalue weighted by atomic mass is 10.0. The average molecular weight is 603 g/mol. The van der Waals surface area contributed by atoms with Gasteiger partial charge in [-0.2, -0.15) is 0 Å². The first kappa shape index (κ1) is 31.0. The fraction of sp³-hybridized carbons (Fsp3) is 0.481. The lowest BCUT2D eigenvalue weighted by Gasteiger charge is -2.42. The van der Waals surface area contributed by atoms with Crippen molar-refractivity contribution in [3.8, 4) is 0 Å². The fourth-order valence-electron chi connectivity index (χ4n) is 4.65. The molecule has 1 aliphatic heterocycles. The van der Waals surface area contributed by atoms with Crippen molar-refractivity contribution in [3.05, 3.63) is 67.6 Å². The number of hydrogen-bond donors (Lipinski definition) is 3. The van der Waals surface area contributed by atoms with Crippen LogP contribution in [0.2, 0.25) is 20.1 Å². The van der Waals surface area contributed by atoms with Crippen molar-refractivity contribution in [1.82, 2.24) is 15.1 Å². The molecule has 1 saturated heterocycles. The molecule has 0 saturated carbocycles. The summed E-state index contributed by atoms with van der Waals surface area (Å²) in [4.78, 5) is 30.2. The van der Waals surface area contributed by atoms with Crippen LogP contribution in [-0.4, -0.2) is 73.0 Å². The highest BCUT2D eigenvalue weighted by Gasteiger charge is 2.33. The Bertz CT molecular complexity index is 1100. The molecule has 0 radical (unpaired) electrons. The third-order valence-corrected chi connectivity index (χ3v) is 8.17. The molecule has 0 bridgehead atoms. The molecule has 38 heavy (non-hydrogen) atoms. The molecule has 1 fully saturated rings. The predicted octanol–water partition coefficient (Wildman–Crippen LogP) is 4.17. The minimum Gasteiger partial charge on any atom is -0.338 e. The minimum atomic E-state index is -0.712. The van der Waals surface area contributed by atoms with Gasteiger partial charge in [-0.25, -0.2) is 0 Å². The van der Waals surface area contributed by atoms with Crippen LogP contribution in [0.1, 0.15) is 30.4 Å². The Balaban J connectivity index is 1.62. The van der Waals surface area contributed by atoms with Crippen LogP contribution in [0.15, 0.2) is 36.4 Å². The summed E-state index contributed by atoms with van der Waals surface area (Å²) in [5, 5.41) is 5.14. The number of piperazine rings is 1. The fourth-order valence-corrected chi connectivity index (χ4v) is 5.29. The summed E-state index contributed by atoms with van der Waals surface area (Å²) >= 11 is 24.3. The van der Waals surface area contributed by atoms with E-state index in [2.05, 4.69) is 5.32 Å². The van der Waals surface area contributed by atoms with E-state index in [1.54, 1.807) is 29.2 Å². The van der Waals surface area contributed by atoms with Gasteiger partial charge < -0.3 is 26.6 Å². The van der Waals surface area contributed by atoms with E-state index < -0.39 is 6.04 Å². The second kappa shape index (κ2) is 15.3. The highest BCUT2D eigenvalue weighted by Crippen LogP contribution is 2.25. The van der Waals surface area contributed by atoms with Crippen LogP contribution >= 0.6 is 46.4 Å². The summed E-state index contributed by atoms with van der Waals surface area (Å²) < 4.78 is 0. The van der Waals surface area contributed by atoms with Crippen molar-refractivity contribution in [3.63, 3.8) is 0 Å². The quantitative estimate of drug-likeness (QED) is 0.316. The van der Waals surface area contributed by atoms with Gasteiger partial charge >= 0.3 is 0 Å². The molecule has 0 spiro atoms. The first-order chi connectivity index (χ1) is 18.2. The van der Waals surface area contributed by atoms with Crippen LogP contribution in [0.25, 0.3) is 0 Å². The second-order valence-electron chi connectivity index (χ2n) is 9.51. The van der Waals surface area contributed by atoms with Gasteiger partial charge in [0.05, 0.1) is 26.1 Å². The zero-order chi connectivity index (χ0) is 27.7. The van der Waals surface area contributed by atoms with E-state index in [9.17, 15) is 9.59 Å². The molecule has 1 heterocycles. The number of rotatable bonds is 12. The molecule has 3 rings (SSSR count). The van der Waals surface area contributed by atoms with Crippen LogP contribution in [0.5, 0.6) is 0 Å². The molecule has 2 aromatic rings. The van der Waals surface area contributed by atoms with Crippen LogP contribution < -0.4 is 16.8 Å². The van der Waals surface area contributed by atoms with E-state index in [4.69, 9.17) is 57.9 Å². The molecule has 2 aromatic carbocycles. The van der Waals surface area contributed by atoms with Crippen molar-refractivity contribution in [2.24, 2.45) is 11.5 Å². The molecule has 1 unspecified atom stereocenters. The summed E-state index contributed by atoms with van der Waals surface area (Å²) in [6.07, 6.45) is 2.89. The Labute approximate surface area is 244 Å². The molecule has 2 atom stereocenters. The van der Waals surface area contributed by atoms with E-state index in [0.717, 1.165) is 37.1 Å². The Morgan fingerprint density at radius 3 is 2.26 bits per heavy atom. The predicted molar refractivity (Wildman–Crippen MR) is 156 cm³/mol. The second-order valence-corrected chi connectivity index (χ2v) is 11.1. The summed E-state index contributed by atoms with van der Waals surface area (Å²) in [5.41, 5.74) is 13.7. The Hall–Kier alpha value is -1.58. The lowest BCUT2D eigenvalue weighted by Crippen LogP contribution is -2.59. The van der Waals surface area contributed by atoms with Crippen molar-refractivity contribution >= 4 is 58.2 Å². The van der Waals surface area contributed by atoms with Gasteiger partial charge in [-0.05, 0) is 67.6 Å². The third kappa shape index (κ3) is 8.98. The van der Waals surface area contributed by atoms with Gasteiger partial charge in [-0.15, -0.1) is 0 Å². The molecule has 1 aliphatic rings. The summed E-state index contributed by atoms with van der Waals surface area (Å²) in [6.45, 7) is 3.46. The van der Waals surface area contributed by atoms with E-state index in [0.29, 0.717) is 65.5 Å². The molecule has 5 N–H and O–H groups in total. The summed E-state index contributed by atoms with van der Waals surface area (Å²) in [5.74, 6) is -0.0755. The summed E-state index contributed by atoms with van der Waals surface area (Å²) in [7, 11) is 0. The monoisotopic (exact) mass is 601 g/mol. The van der Waals surface area contributed by atoms with Gasteiger partial charge in [0.15, 0.2) is 0 Å². The Morgan fingerprint density at radius 2 is 1.61 bits per heavy atom. The molecule has 7 nitrogen and oxygen atoms in total. The van der Waals surface area contributed by atoms with Crippen LogP contribution in [0.4, 0.5) is 0 Å². The Kier molecular flexibility index (Phi) is 12.4. The normalized spacial score (nSPS) is 16.5. The first-order valence-corrected chi connectivity index (χ1v) is 14.3. The highest BCUT2D eigenvalue weighted by atomic mass is 35.5. The number of aryl methyl sites for hydroxylation is 1. The number of halogens is 4. The maximum atomic E-state index is 13.3. The molecular formula is C27H35Cl4N5O2. The molecule has 208 valence electrons. The minimum absolute atomic E-state index is 0.0585. The van der Waals surface area contributed by atoms with Crippen molar-refractivity contribution < 1.29 is 9.59 Å². The number of hydrogen-bond acceptors (Lipinski definition) is 5. The zero-order valence-corrected chi connectivity index (χ0v) is 24.3. The number of amides is 2. The third-order valence-electron chi connectivity index (χ3n) is 6.70. The van der Waals surface area contributed by atoms with Gasteiger partial charge in [0.2, 0.25) is 11.8 Å². The van der Waals surface area contributed by atoms with E-state index >= 15 is 0 Å². The summed E-state index contributed by atoms with van der Waals surface area (Å²) in [6, 6.07) is 9.88. The maximum Gasteiger partial charge on any atom is 0.239 e. The van der Waals surface area contributed by atoms with Gasteiger partial charge in [0.1, 0.15) is 0 Å². The molecule has 0 aromatic heterocycles. The van der Waals surface area contributed by atoms with Crippen LogP contribution in [0, 0.1) is 0 Å². The molecule has 0 aliphatic carbocycles. The number of carbonyl (C=O) groups is 2. The van der Waals surface area contributed by atoms with Crippen molar-refractivity contribution in [2.45, 2.75) is 44.2 Å². The van der Waals surface area contributed by atoms with E-state index in [1.807, 2.05) is 17.0 Å².